The fourth-order valence-corrected chi connectivity index (χ4v) is 4.29. The lowest BCUT2D eigenvalue weighted by atomic mass is 10.0. The van der Waals surface area contributed by atoms with Crippen molar-refractivity contribution in [3.63, 3.8) is 0 Å². The maximum Gasteiger partial charge on any atom is 0.191 e. The average molecular weight is 543 g/mol. The van der Waals surface area contributed by atoms with Crippen molar-refractivity contribution in [3.8, 4) is 11.5 Å². The van der Waals surface area contributed by atoms with Gasteiger partial charge in [-0.2, -0.15) is 0 Å². The van der Waals surface area contributed by atoms with Crippen molar-refractivity contribution in [2.45, 2.75) is 64.1 Å². The molecule has 1 saturated carbocycles. The predicted octanol–water partition coefficient (Wildman–Crippen LogP) is 4.34. The van der Waals surface area contributed by atoms with E-state index in [1.807, 2.05) is 19.2 Å². The first-order chi connectivity index (χ1) is 14.6. The van der Waals surface area contributed by atoms with E-state index in [-0.39, 0.29) is 24.0 Å². The second kappa shape index (κ2) is 13.2. The van der Waals surface area contributed by atoms with Gasteiger partial charge >= 0.3 is 0 Å². The number of hydrogen-bond donors (Lipinski definition) is 2. The minimum absolute atomic E-state index is 0. The molecule has 1 aliphatic carbocycles. The summed E-state index contributed by atoms with van der Waals surface area (Å²) in [6.07, 6.45) is 7.33. The summed E-state index contributed by atoms with van der Waals surface area (Å²) in [5, 5.41) is 7.06. The topological polar surface area (TPSA) is 58.1 Å². The molecule has 1 aromatic rings. The van der Waals surface area contributed by atoms with Crippen molar-refractivity contribution in [3.05, 3.63) is 35.9 Å². The molecule has 0 bridgehead atoms. The highest BCUT2D eigenvalue weighted by Crippen LogP contribution is 2.30. The highest BCUT2D eigenvalue weighted by molar-refractivity contribution is 14.0. The number of piperidine rings is 1. The third-order valence-electron chi connectivity index (χ3n) is 5.96. The van der Waals surface area contributed by atoms with Gasteiger partial charge in [0.25, 0.3) is 0 Å². The Morgan fingerprint density at radius 2 is 1.90 bits per heavy atom. The maximum atomic E-state index is 6.32. The van der Waals surface area contributed by atoms with E-state index >= 15 is 0 Å². The molecule has 6 nitrogen and oxygen atoms in total. The van der Waals surface area contributed by atoms with Crippen LogP contribution in [0.4, 0.5) is 0 Å². The fraction of sp³-hybridized carbons (Fsp3) is 0.625. The SMILES string of the molecule is C=C(C)CN1CCC(NC(=NC)NCc2ccc(OC)cc2OC2CCCC2)CC1.I. The van der Waals surface area contributed by atoms with Crippen molar-refractivity contribution >= 4 is 29.9 Å². The Morgan fingerprint density at radius 3 is 2.52 bits per heavy atom. The van der Waals surface area contributed by atoms with Gasteiger partial charge in [-0.1, -0.05) is 12.2 Å². The van der Waals surface area contributed by atoms with Gasteiger partial charge < -0.3 is 20.1 Å². The van der Waals surface area contributed by atoms with Gasteiger partial charge in [0.15, 0.2) is 5.96 Å². The first kappa shape index (κ1) is 25.8. The third-order valence-corrected chi connectivity index (χ3v) is 5.96. The van der Waals surface area contributed by atoms with Crippen LogP contribution in [0.25, 0.3) is 0 Å². The smallest absolute Gasteiger partial charge is 0.191 e. The number of ether oxygens (including phenoxy) is 2. The van der Waals surface area contributed by atoms with Gasteiger partial charge in [-0.05, 0) is 57.6 Å². The van der Waals surface area contributed by atoms with Crippen LogP contribution in [0.3, 0.4) is 0 Å². The van der Waals surface area contributed by atoms with E-state index < -0.39 is 0 Å². The molecule has 1 aromatic carbocycles. The molecule has 1 saturated heterocycles. The first-order valence-electron chi connectivity index (χ1n) is 11.2. The Kier molecular flexibility index (Phi) is 10.9. The van der Waals surface area contributed by atoms with E-state index in [1.165, 1.54) is 18.4 Å². The Labute approximate surface area is 204 Å². The maximum absolute atomic E-state index is 6.32. The molecule has 2 aliphatic rings. The lowest BCUT2D eigenvalue weighted by molar-refractivity contribution is 0.207. The van der Waals surface area contributed by atoms with Crippen molar-refractivity contribution in [1.82, 2.24) is 15.5 Å². The molecule has 7 heteroatoms. The number of benzene rings is 1. The molecule has 0 aromatic heterocycles. The number of methoxy groups -OCH3 is 1. The Hall–Kier alpha value is -1.48. The summed E-state index contributed by atoms with van der Waals surface area (Å²) in [5.41, 5.74) is 2.36. The van der Waals surface area contributed by atoms with Crippen molar-refractivity contribution in [2.24, 2.45) is 4.99 Å². The zero-order valence-corrected chi connectivity index (χ0v) is 21.6. The van der Waals surface area contributed by atoms with Gasteiger partial charge in [0.1, 0.15) is 11.5 Å². The normalized spacial score (nSPS) is 18.4. The number of rotatable bonds is 8. The van der Waals surface area contributed by atoms with Crippen LogP contribution in [0.2, 0.25) is 0 Å². The number of aliphatic imine (C=N–C) groups is 1. The van der Waals surface area contributed by atoms with E-state index in [0.29, 0.717) is 18.7 Å². The number of hydrogen-bond acceptors (Lipinski definition) is 4. The van der Waals surface area contributed by atoms with E-state index in [1.54, 1.807) is 7.11 Å². The van der Waals surface area contributed by atoms with Gasteiger partial charge in [-0.25, -0.2) is 0 Å². The predicted molar refractivity (Wildman–Crippen MR) is 139 cm³/mol. The summed E-state index contributed by atoms with van der Waals surface area (Å²) in [5.74, 6) is 2.59. The summed E-state index contributed by atoms with van der Waals surface area (Å²) >= 11 is 0. The van der Waals surface area contributed by atoms with Crippen LogP contribution >= 0.6 is 24.0 Å². The number of halogens is 1. The van der Waals surface area contributed by atoms with Gasteiger partial charge in [0, 0.05) is 50.9 Å². The molecule has 3 rings (SSSR count). The summed E-state index contributed by atoms with van der Waals surface area (Å²) < 4.78 is 11.7. The van der Waals surface area contributed by atoms with E-state index in [0.717, 1.165) is 68.3 Å². The minimum atomic E-state index is 0. The summed E-state index contributed by atoms with van der Waals surface area (Å²) in [6.45, 7) is 9.99. The molecule has 174 valence electrons. The monoisotopic (exact) mass is 542 g/mol. The largest absolute Gasteiger partial charge is 0.497 e. The number of likely N-dealkylation sites (tertiary alicyclic amines) is 1. The number of guanidine groups is 1. The van der Waals surface area contributed by atoms with Crippen LogP contribution in [0, 0.1) is 0 Å². The van der Waals surface area contributed by atoms with Crippen LogP contribution in [-0.2, 0) is 6.54 Å². The van der Waals surface area contributed by atoms with Crippen molar-refractivity contribution in [1.29, 1.82) is 0 Å². The second-order valence-electron chi connectivity index (χ2n) is 8.58. The lowest BCUT2D eigenvalue weighted by Crippen LogP contribution is -2.48. The fourth-order valence-electron chi connectivity index (χ4n) is 4.29. The average Bonchev–Trinajstić information content (AvgIpc) is 3.25. The quantitative estimate of drug-likeness (QED) is 0.222. The number of nitrogens with one attached hydrogen (secondary N) is 2. The summed E-state index contributed by atoms with van der Waals surface area (Å²) in [6, 6.07) is 6.52. The van der Waals surface area contributed by atoms with E-state index in [9.17, 15) is 0 Å². The molecule has 0 amide bonds. The van der Waals surface area contributed by atoms with Gasteiger partial charge in [0.2, 0.25) is 0 Å². The molecule has 1 aliphatic heterocycles. The molecular weight excluding hydrogens is 503 g/mol. The van der Waals surface area contributed by atoms with Gasteiger partial charge in [-0.15, -0.1) is 24.0 Å². The summed E-state index contributed by atoms with van der Waals surface area (Å²) in [4.78, 5) is 6.91. The van der Waals surface area contributed by atoms with E-state index in [2.05, 4.69) is 40.1 Å². The second-order valence-corrected chi connectivity index (χ2v) is 8.58. The summed E-state index contributed by atoms with van der Waals surface area (Å²) in [7, 11) is 3.52. The Balaban J connectivity index is 0.00000341. The zero-order valence-electron chi connectivity index (χ0n) is 19.3. The molecule has 1 heterocycles. The molecule has 2 N–H and O–H groups in total. The molecule has 0 radical (unpaired) electrons. The van der Waals surface area contributed by atoms with Crippen LogP contribution < -0.4 is 20.1 Å². The van der Waals surface area contributed by atoms with Crippen LogP contribution in [0.15, 0.2) is 35.3 Å². The molecular formula is C24H39IN4O2. The minimum Gasteiger partial charge on any atom is -0.497 e. The van der Waals surface area contributed by atoms with Crippen LogP contribution in [0.1, 0.15) is 51.0 Å². The van der Waals surface area contributed by atoms with Crippen molar-refractivity contribution in [2.75, 3.05) is 33.8 Å². The lowest BCUT2D eigenvalue weighted by Gasteiger charge is -2.33. The Morgan fingerprint density at radius 1 is 1.19 bits per heavy atom. The van der Waals surface area contributed by atoms with Gasteiger partial charge in [-0.3, -0.25) is 9.89 Å². The molecule has 0 unspecified atom stereocenters. The number of nitrogens with zero attached hydrogens (tertiary/aromatic N) is 2. The molecule has 2 fully saturated rings. The van der Waals surface area contributed by atoms with Crippen LogP contribution in [-0.4, -0.2) is 56.8 Å². The Bertz CT molecular complexity index is 726. The zero-order chi connectivity index (χ0) is 21.3. The molecule has 0 atom stereocenters. The third kappa shape index (κ3) is 8.18. The van der Waals surface area contributed by atoms with Crippen LogP contribution in [0.5, 0.6) is 11.5 Å². The first-order valence-corrected chi connectivity index (χ1v) is 11.2. The molecule has 0 spiro atoms. The highest BCUT2D eigenvalue weighted by Gasteiger charge is 2.21. The highest BCUT2D eigenvalue weighted by atomic mass is 127. The van der Waals surface area contributed by atoms with E-state index in [4.69, 9.17) is 9.47 Å². The van der Waals surface area contributed by atoms with Crippen molar-refractivity contribution < 1.29 is 9.47 Å². The van der Waals surface area contributed by atoms with Gasteiger partial charge in [0.05, 0.1) is 13.2 Å². The standard InChI is InChI=1S/C24H38N4O2.HI/c1-18(2)17-28-13-11-20(12-14-28)27-24(25-3)26-16-19-9-10-22(29-4)15-23(19)30-21-7-5-6-8-21;/h9-10,15,20-21H,1,5-8,11-14,16-17H2,2-4H3,(H2,25,26,27);1H. The molecule has 31 heavy (non-hydrogen) atoms.